The molecule has 6 rings (SSSR count). The van der Waals surface area contributed by atoms with Gasteiger partial charge in [-0.3, -0.25) is 47.5 Å². The first-order valence-electron chi connectivity index (χ1n) is 18.1. The number of anilines is 1. The Balaban J connectivity index is 1.61. The average molecular weight is 1140 g/mol. The zero-order valence-corrected chi connectivity index (χ0v) is 39.8. The number of azo groups is 3. The molecule has 10 N–H and O–H groups in total. The van der Waals surface area contributed by atoms with Crippen LogP contribution in [0.4, 0.5) is 51.2 Å². The van der Waals surface area contributed by atoms with Crippen molar-refractivity contribution >= 4 is 133 Å². The number of nitro groups is 2. The lowest BCUT2D eigenvalue weighted by Gasteiger charge is -2.15. The van der Waals surface area contributed by atoms with Crippen LogP contribution < -0.4 is 10.5 Å². The van der Waals surface area contributed by atoms with Gasteiger partial charge in [0.2, 0.25) is 0 Å². The lowest BCUT2D eigenvalue weighted by Crippen LogP contribution is -2.04. The number of rotatable bonds is 15. The minimum Gasteiger partial charge on any atom is -0.505 e. The molecule has 6 aromatic carbocycles. The normalized spacial score (nSPS) is 13.2. The van der Waals surface area contributed by atoms with Crippen LogP contribution in [0.5, 0.6) is 17.2 Å². The van der Waals surface area contributed by atoms with Crippen molar-refractivity contribution in [1.82, 2.24) is 0 Å². The predicted octanol–water partition coefficient (Wildman–Crippen LogP) is 5.54. The van der Waals surface area contributed by atoms with Gasteiger partial charge in [-0.2, -0.15) is 50.5 Å². The van der Waals surface area contributed by atoms with Crippen LogP contribution in [0.1, 0.15) is 0 Å². The summed E-state index contributed by atoms with van der Waals surface area (Å²) in [5, 5.41) is 62.4. The molecule has 0 saturated carbocycles. The number of aromatic hydroxyl groups is 2. The van der Waals surface area contributed by atoms with Gasteiger partial charge in [0.1, 0.15) is 58.6 Å². The number of ether oxygens (including phenoxy) is 1. The Morgan fingerprint density at radius 2 is 0.945 bits per heavy atom. The van der Waals surface area contributed by atoms with Crippen molar-refractivity contribution in [1.29, 1.82) is 0 Å². The Morgan fingerprint density at radius 3 is 1.44 bits per heavy atom. The quantitative estimate of drug-likeness (QED) is 0.0200. The summed E-state index contributed by atoms with van der Waals surface area (Å²) in [6.07, 6.45) is 0. The fraction of sp³-hybridized carbons (Fsp3) is 0.0303. The molecule has 0 unspecified atom stereocenters. The summed E-state index contributed by atoms with van der Waals surface area (Å²) in [5.74, 6) is -3.60. The molecule has 0 heterocycles. The van der Waals surface area contributed by atoms with E-state index >= 15 is 0 Å². The number of methoxy groups -OCH3 is 1. The molecule has 0 atom stereocenters. The van der Waals surface area contributed by atoms with Gasteiger partial charge in [-0.15, -0.1) is 30.7 Å². The predicted molar refractivity (Wildman–Crippen MR) is 240 cm³/mol. The summed E-state index contributed by atoms with van der Waals surface area (Å²) >= 11 is 0. The van der Waals surface area contributed by atoms with E-state index in [1.165, 1.54) is 0 Å². The molecule has 73 heavy (non-hydrogen) atoms. The number of nitrogen functional groups attached to an aromatic ring is 1. The van der Waals surface area contributed by atoms with Crippen LogP contribution in [0.25, 0.3) is 21.5 Å². The van der Waals surface area contributed by atoms with Crippen molar-refractivity contribution in [3.8, 4) is 17.2 Å². The molecule has 0 aliphatic carbocycles. The molecule has 0 aliphatic heterocycles. The lowest BCUT2D eigenvalue weighted by atomic mass is 10.0. The molecule has 0 radical (unpaired) electrons. The van der Waals surface area contributed by atoms with Gasteiger partial charge in [-0.25, -0.2) is 0 Å². The fourth-order valence-corrected chi connectivity index (χ4v) is 10.6. The molecule has 0 aromatic heterocycles. The van der Waals surface area contributed by atoms with Crippen LogP contribution in [0.2, 0.25) is 0 Å². The van der Waals surface area contributed by atoms with Crippen molar-refractivity contribution in [2.75, 3.05) is 12.8 Å². The maximum atomic E-state index is 13.0. The summed E-state index contributed by atoms with van der Waals surface area (Å²) in [6, 6.07) is 4.49. The second-order valence-electron chi connectivity index (χ2n) is 14.0. The number of hydrogen-bond donors (Lipinski definition) is 9. The van der Waals surface area contributed by atoms with Gasteiger partial charge in [0.15, 0.2) is 22.1 Å². The standard InChI is InChI=1S/C33H23N9O25S6/c1-67-21-11-20(42(47)48)24(70(55,56)57)9-18(21)37-39-29-25(71(58,59)60)7-14-13(31(29)43)3-5-17(33(14)73(64,65)66)36-38-19-10-22(68(49,50)51)15-8-26(72(61,62)63)30(32(44)27(15)28(19)34)40-35-16-4-2-12(41(45)46)6-23(16)69(52,53)54/h2-11,43-44H,34H2,1H3,(H,49,50,51)(H,52,53,54)(H,55,56,57)(H,58,59,60)(H,61,62,63)(H,64,65,66). The highest BCUT2D eigenvalue weighted by molar-refractivity contribution is 7.87. The number of benzene rings is 6. The third kappa shape index (κ3) is 10.8. The Morgan fingerprint density at radius 1 is 0.479 bits per heavy atom. The molecule has 0 amide bonds. The van der Waals surface area contributed by atoms with Crippen LogP contribution >= 0.6 is 0 Å². The highest BCUT2D eigenvalue weighted by atomic mass is 32.2. The third-order valence-corrected chi connectivity index (χ3v) is 14.9. The summed E-state index contributed by atoms with van der Waals surface area (Å²) in [4.78, 5) is 11.8. The highest BCUT2D eigenvalue weighted by Gasteiger charge is 2.32. The van der Waals surface area contributed by atoms with E-state index in [1.807, 2.05) is 0 Å². The zero-order valence-electron chi connectivity index (χ0n) is 34.9. The molecule has 40 heteroatoms. The van der Waals surface area contributed by atoms with E-state index in [0.29, 0.717) is 42.5 Å². The molecular weight excluding hydrogens is 1110 g/mol. The number of nitrogens with zero attached hydrogens (tertiary/aromatic N) is 8. The first-order valence-corrected chi connectivity index (χ1v) is 26.7. The molecule has 0 spiro atoms. The van der Waals surface area contributed by atoms with Crippen LogP contribution in [0.15, 0.2) is 121 Å². The van der Waals surface area contributed by atoms with Gasteiger partial charge < -0.3 is 20.7 Å². The molecule has 34 nitrogen and oxygen atoms in total. The molecule has 386 valence electrons. The first-order chi connectivity index (χ1) is 33.4. The van der Waals surface area contributed by atoms with Gasteiger partial charge in [0.25, 0.3) is 62.0 Å². The number of nitrogens with two attached hydrogens (primary N) is 1. The van der Waals surface area contributed by atoms with Gasteiger partial charge in [0, 0.05) is 28.3 Å². The third-order valence-electron chi connectivity index (χ3n) is 9.52. The van der Waals surface area contributed by atoms with Crippen molar-refractivity contribution in [3.05, 3.63) is 80.9 Å². The van der Waals surface area contributed by atoms with E-state index in [9.17, 15) is 108 Å². The Bertz CT molecular complexity index is 4280. The van der Waals surface area contributed by atoms with Crippen LogP contribution in [0, 0.1) is 20.2 Å². The first kappa shape index (κ1) is 54.4. The zero-order chi connectivity index (χ0) is 54.9. The maximum Gasteiger partial charge on any atom is 0.301 e. The second-order valence-corrected chi connectivity index (χ2v) is 22.3. The fourth-order valence-electron chi connectivity index (χ4n) is 6.47. The van der Waals surface area contributed by atoms with E-state index < -0.39 is 190 Å². The molecule has 0 aliphatic rings. The average Bonchev–Trinajstić information content (AvgIpc) is 3.25. The number of phenolic OH excluding ortho intramolecular Hbond substituents is 2. The number of non-ortho nitro benzene ring substituents is 1. The largest absolute Gasteiger partial charge is 0.505 e. The van der Waals surface area contributed by atoms with Crippen LogP contribution in [0.3, 0.4) is 0 Å². The summed E-state index contributed by atoms with van der Waals surface area (Å²) in [5.41, 5.74) is -3.48. The molecule has 0 saturated heterocycles. The van der Waals surface area contributed by atoms with Crippen molar-refractivity contribution < 1.29 is 103 Å². The highest BCUT2D eigenvalue weighted by Crippen LogP contribution is 2.50. The summed E-state index contributed by atoms with van der Waals surface area (Å²) < 4.78 is 215. The molecule has 0 bridgehead atoms. The molecular formula is C33H23N9O25S6. The Kier molecular flexibility index (Phi) is 13.9. The monoisotopic (exact) mass is 1140 g/mol. The lowest BCUT2D eigenvalue weighted by molar-refractivity contribution is -0.388. The number of phenols is 2. The SMILES string of the molecule is COc1cc([N+](=O)[O-])c(S(=O)(=O)O)cc1N=Nc1c(S(=O)(=O)O)cc2c(S(=O)(=O)O)c(N=Nc3cc(S(=O)(=O)O)c4cc(S(=O)(=O)O)c(N=Nc5ccc([N+](=O)[O-])cc5S(=O)(=O)O)c(O)c4c3N)ccc2c1O. The van der Waals surface area contributed by atoms with E-state index in [1.54, 1.807) is 0 Å². The van der Waals surface area contributed by atoms with E-state index in [2.05, 4.69) is 30.7 Å². The van der Waals surface area contributed by atoms with Gasteiger partial charge >= 0.3 is 10.1 Å². The van der Waals surface area contributed by atoms with Crippen LogP contribution in [-0.2, 0) is 60.7 Å². The Hall–Kier alpha value is -7.90. The molecule has 0 fully saturated rings. The van der Waals surface area contributed by atoms with Gasteiger partial charge in [0.05, 0.1) is 34.1 Å². The van der Waals surface area contributed by atoms with Crippen molar-refractivity contribution in [3.63, 3.8) is 0 Å². The van der Waals surface area contributed by atoms with Gasteiger partial charge in [-0.05, 0) is 42.5 Å². The van der Waals surface area contributed by atoms with E-state index in [-0.39, 0.29) is 12.1 Å². The minimum atomic E-state index is -5.75. The smallest absolute Gasteiger partial charge is 0.301 e. The second kappa shape index (κ2) is 18.6. The van der Waals surface area contributed by atoms with Crippen molar-refractivity contribution in [2.45, 2.75) is 29.4 Å². The number of nitro benzene ring substituents is 2. The summed E-state index contributed by atoms with van der Waals surface area (Å²) in [7, 11) is -32.6. The van der Waals surface area contributed by atoms with Gasteiger partial charge in [-0.1, -0.05) is 0 Å². The summed E-state index contributed by atoms with van der Waals surface area (Å²) in [6.45, 7) is 0. The van der Waals surface area contributed by atoms with E-state index in [0.717, 1.165) is 13.2 Å². The molecule has 6 aromatic rings. The number of hydrogen-bond acceptors (Lipinski definition) is 26. The Labute approximate surface area is 405 Å². The van der Waals surface area contributed by atoms with Crippen LogP contribution in [-0.4, -0.2) is 105 Å². The maximum absolute atomic E-state index is 13.0. The van der Waals surface area contributed by atoms with Crippen molar-refractivity contribution in [2.24, 2.45) is 30.7 Å². The number of fused-ring (bicyclic) bond motifs is 2. The minimum absolute atomic E-state index is 0.241. The van der Waals surface area contributed by atoms with E-state index in [4.69, 9.17) is 10.5 Å². The topological polar surface area (TPSA) is 562 Å².